The van der Waals surface area contributed by atoms with Crippen LogP contribution in [0, 0.1) is 17.3 Å². The molecule has 0 radical (unpaired) electrons. The van der Waals surface area contributed by atoms with Crippen LogP contribution < -0.4 is 5.73 Å². The fourth-order valence-corrected chi connectivity index (χ4v) is 5.10. The van der Waals surface area contributed by atoms with Gasteiger partial charge in [0, 0.05) is 18.1 Å². The van der Waals surface area contributed by atoms with Crippen molar-refractivity contribution in [1.29, 1.82) is 0 Å². The number of hydrogen-bond donors (Lipinski definition) is 1. The summed E-state index contributed by atoms with van der Waals surface area (Å²) in [4.78, 5) is 2.72. The molecule has 0 spiro atoms. The van der Waals surface area contributed by atoms with Gasteiger partial charge in [-0.25, -0.2) is 0 Å². The van der Waals surface area contributed by atoms with Crippen LogP contribution in [0.15, 0.2) is 0 Å². The first-order valence-corrected chi connectivity index (χ1v) is 8.75. The molecule has 4 unspecified atom stereocenters. The normalized spacial score (nSPS) is 41.9. The van der Waals surface area contributed by atoms with Gasteiger partial charge in [-0.2, -0.15) is 0 Å². The Morgan fingerprint density at radius 3 is 2.30 bits per heavy atom. The van der Waals surface area contributed by atoms with E-state index >= 15 is 0 Å². The first-order chi connectivity index (χ1) is 9.32. The van der Waals surface area contributed by atoms with Crippen molar-refractivity contribution >= 4 is 0 Å². The average molecular weight is 280 g/mol. The lowest BCUT2D eigenvalue weighted by molar-refractivity contribution is -0.0499. The topological polar surface area (TPSA) is 29.3 Å². The molecule has 20 heavy (non-hydrogen) atoms. The Labute approximate surface area is 126 Å². The third-order valence-corrected chi connectivity index (χ3v) is 6.63. The SMILES string of the molecule is CC1CCCCC1N(C)C1(CN)CCC(C)(C)CC1C. The number of nitrogens with two attached hydrogens (primary N) is 1. The van der Waals surface area contributed by atoms with Crippen molar-refractivity contribution in [2.45, 2.75) is 84.2 Å². The smallest absolute Gasteiger partial charge is 0.0357 e. The molecule has 2 rings (SSSR count). The van der Waals surface area contributed by atoms with Crippen LogP contribution in [0.1, 0.15) is 72.6 Å². The lowest BCUT2D eigenvalue weighted by atomic mass is 9.62. The molecule has 2 fully saturated rings. The lowest BCUT2D eigenvalue weighted by Gasteiger charge is -2.56. The van der Waals surface area contributed by atoms with E-state index in [1.54, 1.807) is 0 Å². The minimum atomic E-state index is 0.242. The summed E-state index contributed by atoms with van der Waals surface area (Å²) in [5.74, 6) is 1.54. The molecule has 2 aliphatic carbocycles. The van der Waals surface area contributed by atoms with Crippen molar-refractivity contribution in [2.24, 2.45) is 23.0 Å². The summed E-state index contributed by atoms with van der Waals surface area (Å²) in [6.45, 7) is 10.6. The summed E-state index contributed by atoms with van der Waals surface area (Å²) in [5, 5.41) is 0. The lowest BCUT2D eigenvalue weighted by Crippen LogP contribution is -2.63. The molecule has 0 aromatic rings. The van der Waals surface area contributed by atoms with Crippen LogP contribution in [0.2, 0.25) is 0 Å². The second-order valence-corrected chi connectivity index (χ2v) is 8.52. The Bertz CT molecular complexity index is 325. The summed E-state index contributed by atoms with van der Waals surface area (Å²) in [5.41, 5.74) is 7.07. The second kappa shape index (κ2) is 5.96. The minimum Gasteiger partial charge on any atom is -0.329 e. The zero-order valence-corrected chi connectivity index (χ0v) is 14.4. The van der Waals surface area contributed by atoms with E-state index < -0.39 is 0 Å². The number of nitrogens with zero attached hydrogens (tertiary/aromatic N) is 1. The van der Waals surface area contributed by atoms with Gasteiger partial charge in [0.1, 0.15) is 0 Å². The molecule has 0 aromatic heterocycles. The summed E-state index contributed by atoms with van der Waals surface area (Å²) >= 11 is 0. The van der Waals surface area contributed by atoms with Crippen LogP contribution in [0.5, 0.6) is 0 Å². The van der Waals surface area contributed by atoms with Crippen LogP contribution in [-0.2, 0) is 0 Å². The van der Waals surface area contributed by atoms with Crippen molar-refractivity contribution in [3.8, 4) is 0 Å². The number of hydrogen-bond acceptors (Lipinski definition) is 2. The maximum absolute atomic E-state index is 6.33. The van der Waals surface area contributed by atoms with Crippen molar-refractivity contribution in [1.82, 2.24) is 4.90 Å². The van der Waals surface area contributed by atoms with E-state index in [-0.39, 0.29) is 5.54 Å². The van der Waals surface area contributed by atoms with Gasteiger partial charge in [-0.15, -0.1) is 0 Å². The summed E-state index contributed by atoms with van der Waals surface area (Å²) in [6.07, 6.45) is 9.50. The maximum atomic E-state index is 6.33. The van der Waals surface area contributed by atoms with Gasteiger partial charge in [-0.3, -0.25) is 4.90 Å². The van der Waals surface area contributed by atoms with Crippen molar-refractivity contribution in [2.75, 3.05) is 13.6 Å². The fraction of sp³-hybridized carbons (Fsp3) is 1.00. The standard InChI is InChI=1S/C18H36N2/c1-14-8-6-7-9-16(14)20(5)18(13-19)11-10-17(3,4)12-15(18)2/h14-16H,6-13,19H2,1-5H3. The molecular formula is C18H36N2. The highest BCUT2D eigenvalue weighted by molar-refractivity contribution is 5.03. The largest absolute Gasteiger partial charge is 0.329 e. The molecule has 0 amide bonds. The average Bonchev–Trinajstić information content (AvgIpc) is 2.38. The van der Waals surface area contributed by atoms with E-state index in [1.807, 2.05) is 0 Å². The van der Waals surface area contributed by atoms with Crippen molar-refractivity contribution in [3.63, 3.8) is 0 Å². The van der Waals surface area contributed by atoms with Gasteiger partial charge in [-0.1, -0.05) is 40.5 Å². The molecule has 2 nitrogen and oxygen atoms in total. The predicted molar refractivity (Wildman–Crippen MR) is 87.8 cm³/mol. The zero-order chi connectivity index (χ0) is 15.0. The van der Waals surface area contributed by atoms with E-state index in [4.69, 9.17) is 5.73 Å². The maximum Gasteiger partial charge on any atom is 0.0357 e. The van der Waals surface area contributed by atoms with E-state index in [0.29, 0.717) is 11.3 Å². The second-order valence-electron chi connectivity index (χ2n) is 8.52. The molecule has 0 heterocycles. The van der Waals surface area contributed by atoms with Gasteiger partial charge in [0.05, 0.1) is 0 Å². The zero-order valence-electron chi connectivity index (χ0n) is 14.4. The van der Waals surface area contributed by atoms with Crippen LogP contribution in [0.25, 0.3) is 0 Å². The van der Waals surface area contributed by atoms with E-state index in [0.717, 1.165) is 18.5 Å². The molecule has 118 valence electrons. The first kappa shape index (κ1) is 16.3. The Balaban J connectivity index is 2.17. The molecule has 0 bridgehead atoms. The molecule has 2 saturated carbocycles. The Hall–Kier alpha value is -0.0800. The van der Waals surface area contributed by atoms with Crippen molar-refractivity contribution < 1.29 is 0 Å². The quantitative estimate of drug-likeness (QED) is 0.845. The van der Waals surface area contributed by atoms with Crippen LogP contribution in [0.3, 0.4) is 0 Å². The molecule has 0 saturated heterocycles. The molecule has 4 atom stereocenters. The van der Waals surface area contributed by atoms with Gasteiger partial charge in [0.25, 0.3) is 0 Å². The van der Waals surface area contributed by atoms with Gasteiger partial charge in [0.15, 0.2) is 0 Å². The fourth-order valence-electron chi connectivity index (χ4n) is 5.10. The number of rotatable bonds is 3. The Morgan fingerprint density at radius 2 is 1.75 bits per heavy atom. The minimum absolute atomic E-state index is 0.242. The van der Waals surface area contributed by atoms with Gasteiger partial charge < -0.3 is 5.73 Å². The van der Waals surface area contributed by atoms with Gasteiger partial charge in [0.2, 0.25) is 0 Å². The summed E-state index contributed by atoms with van der Waals surface area (Å²) < 4.78 is 0. The summed E-state index contributed by atoms with van der Waals surface area (Å²) in [7, 11) is 2.37. The highest BCUT2D eigenvalue weighted by atomic mass is 15.2. The third kappa shape index (κ3) is 2.92. The number of likely N-dealkylation sites (N-methyl/N-ethyl adjacent to an activating group) is 1. The van der Waals surface area contributed by atoms with Crippen molar-refractivity contribution in [3.05, 3.63) is 0 Å². The Morgan fingerprint density at radius 1 is 1.10 bits per heavy atom. The molecule has 2 N–H and O–H groups in total. The van der Waals surface area contributed by atoms with Crippen LogP contribution in [-0.4, -0.2) is 30.1 Å². The third-order valence-electron chi connectivity index (χ3n) is 6.63. The summed E-state index contributed by atoms with van der Waals surface area (Å²) in [6, 6.07) is 0.746. The predicted octanol–water partition coefficient (Wildman–Crippen LogP) is 4.04. The monoisotopic (exact) mass is 280 g/mol. The van der Waals surface area contributed by atoms with Gasteiger partial charge in [-0.05, 0) is 56.4 Å². The van der Waals surface area contributed by atoms with Crippen LogP contribution in [0.4, 0.5) is 0 Å². The van der Waals surface area contributed by atoms with E-state index in [2.05, 4.69) is 39.6 Å². The van der Waals surface area contributed by atoms with E-state index in [9.17, 15) is 0 Å². The molecule has 2 heteroatoms. The molecule has 0 aliphatic heterocycles. The van der Waals surface area contributed by atoms with Crippen LogP contribution >= 0.6 is 0 Å². The molecule has 2 aliphatic rings. The molecule has 0 aromatic carbocycles. The highest BCUT2D eigenvalue weighted by Crippen LogP contribution is 2.47. The Kier molecular flexibility index (Phi) is 4.86. The first-order valence-electron chi connectivity index (χ1n) is 8.75. The molecular weight excluding hydrogens is 244 g/mol. The highest BCUT2D eigenvalue weighted by Gasteiger charge is 2.48. The van der Waals surface area contributed by atoms with E-state index in [1.165, 1.54) is 44.9 Å². The van der Waals surface area contributed by atoms with Gasteiger partial charge >= 0.3 is 0 Å².